The van der Waals surface area contributed by atoms with Gasteiger partial charge in [0.05, 0.1) is 23.9 Å². The van der Waals surface area contributed by atoms with Crippen molar-refractivity contribution in [2.24, 2.45) is 4.40 Å². The maximum Gasteiger partial charge on any atom is 0.339 e. The van der Waals surface area contributed by atoms with Crippen LogP contribution in [0.15, 0.2) is 51.3 Å². The standard InChI is InChI=1S/C13H12N2O5S/c16-13(20-9-10-3-5-19-8-10)11-1-2-12-14-21(17,18)6-4-15(12)7-11/h1-3,5,7-8H,4,6,9H2. The Kier molecular flexibility index (Phi) is 3.38. The van der Waals surface area contributed by atoms with Crippen LogP contribution in [0.5, 0.6) is 0 Å². The number of rotatable bonds is 3. The molecule has 0 atom stereocenters. The summed E-state index contributed by atoms with van der Waals surface area (Å²) in [4.78, 5) is 13.6. The van der Waals surface area contributed by atoms with Gasteiger partial charge in [0.1, 0.15) is 12.4 Å². The van der Waals surface area contributed by atoms with E-state index in [9.17, 15) is 13.2 Å². The van der Waals surface area contributed by atoms with E-state index in [0.717, 1.165) is 5.56 Å². The Hall–Kier alpha value is -2.35. The average molecular weight is 308 g/mol. The van der Waals surface area contributed by atoms with Gasteiger partial charge in [0, 0.05) is 18.3 Å². The fourth-order valence-corrected chi connectivity index (χ4v) is 2.90. The van der Waals surface area contributed by atoms with Gasteiger partial charge in [-0.25, -0.2) is 13.2 Å². The van der Waals surface area contributed by atoms with E-state index in [1.807, 2.05) is 0 Å². The molecular weight excluding hydrogens is 296 g/mol. The summed E-state index contributed by atoms with van der Waals surface area (Å²) in [5.74, 6) is -0.245. The minimum Gasteiger partial charge on any atom is -0.472 e. The van der Waals surface area contributed by atoms with Gasteiger partial charge in [-0.2, -0.15) is 0 Å². The number of esters is 1. The lowest BCUT2D eigenvalue weighted by molar-refractivity contribution is -0.139. The summed E-state index contributed by atoms with van der Waals surface area (Å²) < 4.78 is 36.4. The number of ether oxygens (including phenoxy) is 1. The van der Waals surface area contributed by atoms with Crippen LogP contribution in [0.4, 0.5) is 0 Å². The highest BCUT2D eigenvalue weighted by Gasteiger charge is 2.25. The molecule has 0 fully saturated rings. The molecule has 0 spiro atoms. The van der Waals surface area contributed by atoms with Crippen LogP contribution in [-0.2, 0) is 26.2 Å². The van der Waals surface area contributed by atoms with E-state index in [1.54, 1.807) is 17.2 Å². The van der Waals surface area contributed by atoms with Gasteiger partial charge in [-0.15, -0.1) is 4.40 Å². The van der Waals surface area contributed by atoms with Gasteiger partial charge in [-0.3, -0.25) is 0 Å². The lowest BCUT2D eigenvalue weighted by atomic mass is 10.2. The first-order valence-electron chi connectivity index (χ1n) is 6.21. The van der Waals surface area contributed by atoms with Crippen molar-refractivity contribution in [2.45, 2.75) is 6.61 Å². The first kappa shape index (κ1) is 13.6. The third kappa shape index (κ3) is 3.05. The zero-order valence-electron chi connectivity index (χ0n) is 10.9. The summed E-state index contributed by atoms with van der Waals surface area (Å²) in [6.45, 7) is 0.389. The molecule has 110 valence electrons. The largest absolute Gasteiger partial charge is 0.472 e. The molecule has 0 saturated carbocycles. The predicted molar refractivity (Wildman–Crippen MR) is 73.7 cm³/mol. The normalized spacial score (nSPS) is 19.5. The molecule has 0 aliphatic carbocycles. The third-order valence-corrected chi connectivity index (χ3v) is 4.17. The first-order valence-corrected chi connectivity index (χ1v) is 7.82. The van der Waals surface area contributed by atoms with Crippen LogP contribution < -0.4 is 0 Å². The van der Waals surface area contributed by atoms with Gasteiger partial charge in [0.2, 0.25) is 0 Å². The molecule has 2 aliphatic rings. The number of carbonyl (C=O) groups is 1. The van der Waals surface area contributed by atoms with Crippen LogP contribution in [0, 0.1) is 0 Å². The Morgan fingerprint density at radius 2 is 2.29 bits per heavy atom. The second kappa shape index (κ2) is 5.21. The molecule has 21 heavy (non-hydrogen) atoms. The average Bonchev–Trinajstić information content (AvgIpc) is 2.96. The summed E-state index contributed by atoms with van der Waals surface area (Å²) in [6, 6.07) is 1.71. The quantitative estimate of drug-likeness (QED) is 0.768. The molecule has 7 nitrogen and oxygen atoms in total. The van der Waals surface area contributed by atoms with Crippen molar-refractivity contribution < 1.29 is 22.4 Å². The summed E-state index contributed by atoms with van der Waals surface area (Å²) >= 11 is 0. The lowest BCUT2D eigenvalue weighted by Gasteiger charge is -2.26. The van der Waals surface area contributed by atoms with Gasteiger partial charge >= 0.3 is 5.97 Å². The number of amidine groups is 1. The lowest BCUT2D eigenvalue weighted by Crippen LogP contribution is -2.37. The maximum absolute atomic E-state index is 11.9. The van der Waals surface area contributed by atoms with Gasteiger partial charge in [-0.05, 0) is 18.2 Å². The Balaban J connectivity index is 1.69. The molecule has 8 heteroatoms. The molecular formula is C13H12N2O5S. The van der Waals surface area contributed by atoms with Crippen LogP contribution in [0.3, 0.4) is 0 Å². The molecule has 0 radical (unpaired) electrons. The second-order valence-electron chi connectivity index (χ2n) is 4.55. The van der Waals surface area contributed by atoms with E-state index >= 15 is 0 Å². The molecule has 0 unspecified atom stereocenters. The first-order chi connectivity index (χ1) is 10.0. The van der Waals surface area contributed by atoms with E-state index in [0.29, 0.717) is 11.4 Å². The number of sulfonamides is 1. The van der Waals surface area contributed by atoms with Crippen LogP contribution in [0.2, 0.25) is 0 Å². The van der Waals surface area contributed by atoms with Crippen LogP contribution in [0.1, 0.15) is 5.56 Å². The van der Waals surface area contributed by atoms with Crippen molar-refractivity contribution in [1.29, 1.82) is 0 Å². The number of hydrogen-bond acceptors (Lipinski definition) is 6. The van der Waals surface area contributed by atoms with Crippen molar-refractivity contribution in [2.75, 3.05) is 12.3 Å². The van der Waals surface area contributed by atoms with E-state index in [-0.39, 0.29) is 18.9 Å². The molecule has 0 amide bonds. The topological polar surface area (TPSA) is 89.2 Å². The molecule has 1 aromatic heterocycles. The molecule has 0 bridgehead atoms. The van der Waals surface area contributed by atoms with Crippen LogP contribution >= 0.6 is 0 Å². The summed E-state index contributed by atoms with van der Waals surface area (Å²) in [7, 11) is -3.39. The van der Waals surface area contributed by atoms with Gasteiger partial charge < -0.3 is 14.1 Å². The third-order valence-electron chi connectivity index (χ3n) is 3.01. The van der Waals surface area contributed by atoms with Crippen molar-refractivity contribution in [3.05, 3.63) is 48.1 Å². The van der Waals surface area contributed by atoms with E-state index < -0.39 is 16.0 Å². The van der Waals surface area contributed by atoms with Crippen LogP contribution in [0.25, 0.3) is 0 Å². The Morgan fingerprint density at radius 1 is 1.43 bits per heavy atom. The Labute approximate surface area is 121 Å². The number of nitrogens with zero attached hydrogens (tertiary/aromatic N) is 2. The molecule has 3 heterocycles. The van der Waals surface area contributed by atoms with Gasteiger partial charge in [0.25, 0.3) is 10.0 Å². The van der Waals surface area contributed by atoms with Crippen molar-refractivity contribution in [3.63, 3.8) is 0 Å². The number of hydrogen-bond donors (Lipinski definition) is 0. The van der Waals surface area contributed by atoms with Gasteiger partial charge in [0.15, 0.2) is 0 Å². The fraction of sp³-hybridized carbons (Fsp3) is 0.231. The number of carbonyl (C=O) groups excluding carboxylic acids is 1. The van der Waals surface area contributed by atoms with Crippen molar-refractivity contribution >= 4 is 21.8 Å². The molecule has 2 aliphatic heterocycles. The maximum atomic E-state index is 11.9. The predicted octanol–water partition coefficient (Wildman–Crippen LogP) is 0.820. The van der Waals surface area contributed by atoms with E-state index in [1.165, 1.54) is 24.7 Å². The monoisotopic (exact) mass is 308 g/mol. The smallest absolute Gasteiger partial charge is 0.339 e. The molecule has 0 N–H and O–H groups in total. The summed E-state index contributed by atoms with van der Waals surface area (Å²) in [6.07, 6.45) is 7.53. The summed E-state index contributed by atoms with van der Waals surface area (Å²) in [5.41, 5.74) is 1.10. The minimum atomic E-state index is -3.39. The fourth-order valence-electron chi connectivity index (χ4n) is 1.93. The van der Waals surface area contributed by atoms with Crippen LogP contribution in [-0.4, -0.2) is 37.4 Å². The second-order valence-corrected chi connectivity index (χ2v) is 6.31. The zero-order valence-corrected chi connectivity index (χ0v) is 11.7. The Morgan fingerprint density at radius 3 is 3.05 bits per heavy atom. The zero-order chi connectivity index (χ0) is 14.9. The highest BCUT2D eigenvalue weighted by atomic mass is 32.2. The Bertz CT molecular complexity index is 744. The van der Waals surface area contributed by atoms with Crippen molar-refractivity contribution in [3.8, 4) is 0 Å². The molecule has 1 aromatic rings. The number of furan rings is 1. The molecule has 0 aromatic carbocycles. The van der Waals surface area contributed by atoms with Crippen molar-refractivity contribution in [1.82, 2.24) is 4.90 Å². The number of fused-ring (bicyclic) bond motifs is 1. The minimum absolute atomic E-state index is 0.0712. The SMILES string of the molecule is O=C(OCc1ccoc1)C1=CN2CCS(=O)(=O)N=C2C=C1. The van der Waals surface area contributed by atoms with Gasteiger partial charge in [-0.1, -0.05) is 0 Å². The molecule has 3 rings (SSSR count). The van der Waals surface area contributed by atoms with E-state index in [4.69, 9.17) is 9.15 Å². The molecule has 0 saturated heterocycles. The van der Waals surface area contributed by atoms with E-state index in [2.05, 4.69) is 4.40 Å². The highest BCUT2D eigenvalue weighted by molar-refractivity contribution is 7.90. The highest BCUT2D eigenvalue weighted by Crippen LogP contribution is 2.17. The summed E-state index contributed by atoms with van der Waals surface area (Å²) in [5, 5.41) is 0.